The Bertz CT molecular complexity index is 788. The first-order valence-corrected chi connectivity index (χ1v) is 9.09. The molecule has 1 N–H and O–H groups in total. The molecule has 1 aromatic carbocycles. The van der Waals surface area contributed by atoms with Crippen molar-refractivity contribution in [2.24, 2.45) is 0 Å². The second-order valence-corrected chi connectivity index (χ2v) is 6.67. The first-order chi connectivity index (χ1) is 12.1. The molecule has 3 rings (SSSR count). The first-order valence-electron chi connectivity index (χ1n) is 9.09. The average molecular weight is 339 g/mol. The number of rotatable bonds is 6. The van der Waals surface area contributed by atoms with Crippen molar-refractivity contribution in [3.05, 3.63) is 57.9 Å². The van der Waals surface area contributed by atoms with E-state index in [1.54, 1.807) is 13.0 Å². The minimum atomic E-state index is -0.316. The third-order valence-electron chi connectivity index (χ3n) is 4.86. The lowest BCUT2D eigenvalue weighted by Gasteiger charge is -2.16. The van der Waals surface area contributed by atoms with Crippen LogP contribution < -0.4 is 0 Å². The van der Waals surface area contributed by atoms with E-state index < -0.39 is 0 Å². The molecule has 0 amide bonds. The first kappa shape index (κ1) is 17.5. The quantitative estimate of drug-likeness (QED) is 0.634. The van der Waals surface area contributed by atoms with Gasteiger partial charge in [-0.1, -0.05) is 12.1 Å². The molecule has 1 aromatic heterocycles. The largest absolute Gasteiger partial charge is 0.462 e. The van der Waals surface area contributed by atoms with Crippen molar-refractivity contribution in [2.45, 2.75) is 52.4 Å². The normalized spacial score (nSPS) is 13.4. The van der Waals surface area contributed by atoms with Gasteiger partial charge in [-0.3, -0.25) is 4.79 Å². The van der Waals surface area contributed by atoms with Crippen LogP contribution in [-0.4, -0.2) is 23.3 Å². The number of hydrogen-bond acceptors (Lipinski definition) is 3. The number of hydrogen-bond donors (Lipinski definition) is 1. The molecule has 1 heterocycles. The summed E-state index contributed by atoms with van der Waals surface area (Å²) < 4.78 is 5.04. The van der Waals surface area contributed by atoms with Crippen molar-refractivity contribution >= 4 is 11.8 Å². The van der Waals surface area contributed by atoms with Gasteiger partial charge in [-0.15, -0.1) is 0 Å². The van der Waals surface area contributed by atoms with Gasteiger partial charge < -0.3 is 9.72 Å². The van der Waals surface area contributed by atoms with E-state index in [1.165, 1.54) is 24.0 Å². The summed E-state index contributed by atoms with van der Waals surface area (Å²) in [5, 5.41) is 0. The number of ether oxygens (including phenoxy) is 1. The van der Waals surface area contributed by atoms with Gasteiger partial charge in [0.2, 0.25) is 0 Å². The summed E-state index contributed by atoms with van der Waals surface area (Å²) in [4.78, 5) is 27.6. The molecule has 0 atom stereocenters. The van der Waals surface area contributed by atoms with Crippen LogP contribution in [0.4, 0.5) is 0 Å². The minimum absolute atomic E-state index is 0.151. The predicted octanol–water partition coefficient (Wildman–Crippen LogP) is 4.19. The van der Waals surface area contributed by atoms with Crippen LogP contribution in [0.25, 0.3) is 0 Å². The van der Waals surface area contributed by atoms with E-state index in [1.807, 2.05) is 13.0 Å². The number of aromatic nitrogens is 1. The van der Waals surface area contributed by atoms with Gasteiger partial charge in [0, 0.05) is 23.4 Å². The van der Waals surface area contributed by atoms with Crippen LogP contribution >= 0.6 is 0 Å². The molecule has 1 aliphatic carbocycles. The monoisotopic (exact) mass is 339 g/mol. The van der Waals surface area contributed by atoms with E-state index in [2.05, 4.69) is 17.1 Å². The van der Waals surface area contributed by atoms with Crippen LogP contribution in [0, 0.1) is 6.92 Å². The summed E-state index contributed by atoms with van der Waals surface area (Å²) in [7, 11) is 0. The molecule has 25 heavy (non-hydrogen) atoms. The van der Waals surface area contributed by atoms with Crippen molar-refractivity contribution < 1.29 is 14.3 Å². The molecule has 0 aliphatic heterocycles. The van der Waals surface area contributed by atoms with E-state index in [-0.39, 0.29) is 11.8 Å². The molecule has 132 valence electrons. The Morgan fingerprint density at radius 2 is 1.88 bits per heavy atom. The number of H-pyrrole nitrogens is 1. The molecule has 0 spiro atoms. The fourth-order valence-corrected chi connectivity index (χ4v) is 3.48. The Hall–Kier alpha value is -2.36. The van der Waals surface area contributed by atoms with Gasteiger partial charge in [-0.25, -0.2) is 4.79 Å². The molecule has 0 unspecified atom stereocenters. The van der Waals surface area contributed by atoms with Crippen molar-refractivity contribution in [3.63, 3.8) is 0 Å². The number of nitrogens with one attached hydrogen (secondary N) is 1. The second kappa shape index (κ2) is 7.68. The van der Waals surface area contributed by atoms with E-state index in [9.17, 15) is 9.59 Å². The Labute approximate surface area is 148 Å². The Kier molecular flexibility index (Phi) is 5.37. The number of benzene rings is 1. The summed E-state index contributed by atoms with van der Waals surface area (Å²) in [5.41, 5.74) is 5.76. The van der Waals surface area contributed by atoms with Crippen LogP contribution in [0.2, 0.25) is 0 Å². The Morgan fingerprint density at radius 1 is 1.12 bits per heavy atom. The maximum Gasteiger partial charge on any atom is 0.339 e. The minimum Gasteiger partial charge on any atom is -0.462 e. The zero-order chi connectivity index (χ0) is 17.8. The van der Waals surface area contributed by atoms with Crippen molar-refractivity contribution in [1.29, 1.82) is 0 Å². The van der Waals surface area contributed by atoms with Crippen LogP contribution in [0.3, 0.4) is 0 Å². The molecular formula is C21H25NO3. The molecule has 0 fully saturated rings. The summed E-state index contributed by atoms with van der Waals surface area (Å²) >= 11 is 0. The molecular weight excluding hydrogens is 314 g/mol. The van der Waals surface area contributed by atoms with E-state index in [0.29, 0.717) is 25.0 Å². The van der Waals surface area contributed by atoms with E-state index in [0.717, 1.165) is 29.8 Å². The molecule has 0 radical (unpaired) electrons. The number of aromatic amines is 1. The SMILES string of the molecule is CCOC(=O)c1cc(CCC(=O)c2ccc3c(c2)CCCC3)[nH]c1C. The molecule has 4 nitrogen and oxygen atoms in total. The smallest absolute Gasteiger partial charge is 0.339 e. The van der Waals surface area contributed by atoms with Gasteiger partial charge in [-0.05, 0) is 69.2 Å². The number of Topliss-reactive ketones (excluding diaryl/α,β-unsaturated/α-hetero) is 1. The lowest BCUT2D eigenvalue weighted by Crippen LogP contribution is -2.07. The third kappa shape index (κ3) is 4.01. The number of aryl methyl sites for hydroxylation is 4. The van der Waals surface area contributed by atoms with Gasteiger partial charge in [-0.2, -0.15) is 0 Å². The second-order valence-electron chi connectivity index (χ2n) is 6.67. The van der Waals surface area contributed by atoms with Crippen LogP contribution in [0.5, 0.6) is 0 Å². The van der Waals surface area contributed by atoms with Gasteiger partial charge >= 0.3 is 5.97 Å². The summed E-state index contributed by atoms with van der Waals surface area (Å²) in [5.74, 6) is -0.165. The Morgan fingerprint density at radius 3 is 2.64 bits per heavy atom. The van der Waals surface area contributed by atoms with Crippen molar-refractivity contribution in [1.82, 2.24) is 4.98 Å². The lowest BCUT2D eigenvalue weighted by molar-refractivity contribution is 0.0525. The fourth-order valence-electron chi connectivity index (χ4n) is 3.48. The molecule has 2 aromatic rings. The van der Waals surface area contributed by atoms with Gasteiger partial charge in [0.25, 0.3) is 0 Å². The molecule has 4 heteroatoms. The van der Waals surface area contributed by atoms with Crippen LogP contribution in [0.15, 0.2) is 24.3 Å². The van der Waals surface area contributed by atoms with Crippen LogP contribution in [0.1, 0.15) is 69.4 Å². The lowest BCUT2D eigenvalue weighted by atomic mass is 9.89. The standard InChI is InChI=1S/C21H25NO3/c1-3-25-21(24)19-13-18(22-14(19)2)10-11-20(23)17-9-8-15-6-4-5-7-16(15)12-17/h8-9,12-13,22H,3-7,10-11H2,1-2H3. The maximum absolute atomic E-state index is 12.5. The molecule has 0 saturated carbocycles. The fraction of sp³-hybridized carbons (Fsp3) is 0.429. The van der Waals surface area contributed by atoms with E-state index >= 15 is 0 Å². The summed E-state index contributed by atoms with van der Waals surface area (Å²) in [6, 6.07) is 7.93. The highest BCUT2D eigenvalue weighted by molar-refractivity contribution is 5.96. The third-order valence-corrected chi connectivity index (χ3v) is 4.86. The van der Waals surface area contributed by atoms with Gasteiger partial charge in [0.05, 0.1) is 12.2 Å². The van der Waals surface area contributed by atoms with Crippen molar-refractivity contribution in [2.75, 3.05) is 6.61 Å². The number of esters is 1. The number of fused-ring (bicyclic) bond motifs is 1. The van der Waals surface area contributed by atoms with Crippen LogP contribution in [-0.2, 0) is 24.0 Å². The molecule has 0 saturated heterocycles. The topological polar surface area (TPSA) is 59.2 Å². The number of carbonyl (C=O) groups excluding carboxylic acids is 2. The molecule has 1 aliphatic rings. The highest BCUT2D eigenvalue weighted by Crippen LogP contribution is 2.23. The summed E-state index contributed by atoms with van der Waals surface area (Å²) in [6.45, 7) is 3.99. The van der Waals surface area contributed by atoms with Crippen molar-refractivity contribution in [3.8, 4) is 0 Å². The van der Waals surface area contributed by atoms with E-state index in [4.69, 9.17) is 4.74 Å². The Balaban J connectivity index is 1.64. The predicted molar refractivity (Wildman–Crippen MR) is 97.2 cm³/mol. The zero-order valence-corrected chi connectivity index (χ0v) is 15.0. The van der Waals surface area contributed by atoms with Gasteiger partial charge in [0.1, 0.15) is 0 Å². The summed E-state index contributed by atoms with van der Waals surface area (Å²) in [6.07, 6.45) is 5.69. The zero-order valence-electron chi connectivity index (χ0n) is 15.0. The molecule has 0 bridgehead atoms. The highest BCUT2D eigenvalue weighted by atomic mass is 16.5. The number of ketones is 1. The van der Waals surface area contributed by atoms with Gasteiger partial charge in [0.15, 0.2) is 5.78 Å². The number of carbonyl (C=O) groups is 2. The average Bonchev–Trinajstić information content (AvgIpc) is 3.00. The highest BCUT2D eigenvalue weighted by Gasteiger charge is 2.16. The maximum atomic E-state index is 12.5.